The fraction of sp³-hybridized carbons (Fsp3) is 0.400. The van der Waals surface area contributed by atoms with Crippen molar-refractivity contribution in [2.75, 3.05) is 7.11 Å². The van der Waals surface area contributed by atoms with Crippen molar-refractivity contribution < 1.29 is 19.1 Å². The van der Waals surface area contributed by atoms with Gasteiger partial charge >= 0.3 is 5.97 Å². The van der Waals surface area contributed by atoms with Crippen LogP contribution in [0.5, 0.6) is 0 Å². The third-order valence-electron chi connectivity index (χ3n) is 3.03. The molecule has 0 radical (unpaired) electrons. The number of nitrogens with one attached hydrogen (secondary N) is 1. The van der Waals surface area contributed by atoms with Crippen LogP contribution in [0.3, 0.4) is 0 Å². The minimum Gasteiger partial charge on any atom is -0.469 e. The first-order valence-electron chi connectivity index (χ1n) is 6.72. The van der Waals surface area contributed by atoms with Crippen LogP contribution in [0.25, 0.3) is 0 Å². The number of methoxy groups -OCH3 is 1. The number of rotatable bonds is 8. The molecule has 0 unspecified atom stereocenters. The van der Waals surface area contributed by atoms with Crippen LogP contribution in [0.15, 0.2) is 30.3 Å². The second-order valence-corrected chi connectivity index (χ2v) is 4.62. The van der Waals surface area contributed by atoms with Crippen LogP contribution < -0.4 is 11.1 Å². The predicted octanol–water partition coefficient (Wildman–Crippen LogP) is 0.542. The van der Waals surface area contributed by atoms with E-state index in [9.17, 15) is 14.4 Å². The second kappa shape index (κ2) is 8.73. The molecule has 1 aromatic carbocycles. The van der Waals surface area contributed by atoms with Crippen LogP contribution in [0.2, 0.25) is 0 Å². The topological polar surface area (TPSA) is 98.5 Å². The van der Waals surface area contributed by atoms with Gasteiger partial charge in [-0.25, -0.2) is 0 Å². The molecule has 0 saturated heterocycles. The summed E-state index contributed by atoms with van der Waals surface area (Å²) >= 11 is 0. The first-order chi connectivity index (χ1) is 10.0. The van der Waals surface area contributed by atoms with E-state index in [0.717, 1.165) is 5.56 Å². The molecule has 2 amide bonds. The molecule has 1 atom stereocenters. The van der Waals surface area contributed by atoms with E-state index in [2.05, 4.69) is 10.1 Å². The molecule has 0 aliphatic rings. The van der Waals surface area contributed by atoms with Crippen molar-refractivity contribution in [2.24, 2.45) is 5.73 Å². The lowest BCUT2D eigenvalue weighted by Crippen LogP contribution is -2.44. The first-order valence-corrected chi connectivity index (χ1v) is 6.72. The Hall–Kier alpha value is -2.37. The largest absolute Gasteiger partial charge is 0.469 e. The monoisotopic (exact) mass is 292 g/mol. The van der Waals surface area contributed by atoms with E-state index in [1.807, 2.05) is 30.3 Å². The number of hydrogen-bond donors (Lipinski definition) is 2. The van der Waals surface area contributed by atoms with Crippen LogP contribution in [0.4, 0.5) is 0 Å². The Morgan fingerprint density at radius 1 is 1.19 bits per heavy atom. The van der Waals surface area contributed by atoms with E-state index in [1.165, 1.54) is 7.11 Å². The van der Waals surface area contributed by atoms with Gasteiger partial charge in [-0.15, -0.1) is 0 Å². The van der Waals surface area contributed by atoms with Gasteiger partial charge in [-0.3, -0.25) is 14.4 Å². The molecule has 0 saturated carbocycles. The summed E-state index contributed by atoms with van der Waals surface area (Å²) in [5, 5.41) is 2.54. The van der Waals surface area contributed by atoms with Gasteiger partial charge in [-0.1, -0.05) is 30.3 Å². The molecule has 1 aromatic rings. The van der Waals surface area contributed by atoms with Gasteiger partial charge < -0.3 is 15.8 Å². The van der Waals surface area contributed by atoms with Gasteiger partial charge in [0.05, 0.1) is 7.11 Å². The Labute approximate surface area is 123 Å². The molecular weight excluding hydrogens is 272 g/mol. The maximum atomic E-state index is 11.8. The molecule has 6 nitrogen and oxygen atoms in total. The number of hydrogen-bond acceptors (Lipinski definition) is 4. The molecule has 3 N–H and O–H groups in total. The van der Waals surface area contributed by atoms with E-state index in [0.29, 0.717) is 6.42 Å². The highest BCUT2D eigenvalue weighted by molar-refractivity contribution is 5.87. The summed E-state index contributed by atoms with van der Waals surface area (Å²) in [5.74, 6) is -1.38. The van der Waals surface area contributed by atoms with Crippen molar-refractivity contribution in [1.29, 1.82) is 0 Å². The minimum atomic E-state index is -0.854. The summed E-state index contributed by atoms with van der Waals surface area (Å²) < 4.78 is 4.49. The molecule has 0 fully saturated rings. The summed E-state index contributed by atoms with van der Waals surface area (Å²) in [5.41, 5.74) is 6.25. The molecule has 6 heteroatoms. The Balaban J connectivity index is 2.41. The molecule has 0 aromatic heterocycles. The Morgan fingerprint density at radius 3 is 2.43 bits per heavy atom. The zero-order valence-corrected chi connectivity index (χ0v) is 12.0. The summed E-state index contributed by atoms with van der Waals surface area (Å²) in [6.07, 6.45) is 1.00. The molecule has 1 rings (SSSR count). The number of ether oxygens (including phenoxy) is 1. The first kappa shape index (κ1) is 16.7. The Bertz CT molecular complexity index is 488. The molecular formula is C15H20N2O4. The van der Waals surface area contributed by atoms with Crippen molar-refractivity contribution in [3.05, 3.63) is 35.9 Å². The van der Waals surface area contributed by atoms with Crippen molar-refractivity contribution in [1.82, 2.24) is 5.32 Å². The lowest BCUT2D eigenvalue weighted by molar-refractivity contribution is -0.141. The third-order valence-corrected chi connectivity index (χ3v) is 3.03. The number of primary amides is 1. The fourth-order valence-corrected chi connectivity index (χ4v) is 1.82. The van der Waals surface area contributed by atoms with Gasteiger partial charge in [0.15, 0.2) is 0 Å². The average Bonchev–Trinajstić information content (AvgIpc) is 2.49. The number of carbonyl (C=O) groups excluding carboxylic acids is 3. The minimum absolute atomic E-state index is 0.0308. The number of aryl methyl sites for hydroxylation is 1. The van der Waals surface area contributed by atoms with Crippen LogP contribution in [-0.2, 0) is 25.5 Å². The Morgan fingerprint density at radius 2 is 1.86 bits per heavy atom. The highest BCUT2D eigenvalue weighted by Crippen LogP contribution is 2.04. The van der Waals surface area contributed by atoms with E-state index < -0.39 is 17.9 Å². The molecule has 21 heavy (non-hydrogen) atoms. The zero-order valence-electron chi connectivity index (χ0n) is 12.0. The average molecular weight is 292 g/mol. The highest BCUT2D eigenvalue weighted by atomic mass is 16.5. The lowest BCUT2D eigenvalue weighted by atomic mass is 10.1. The van der Waals surface area contributed by atoms with Crippen LogP contribution in [0.1, 0.15) is 24.8 Å². The van der Waals surface area contributed by atoms with Gasteiger partial charge in [0, 0.05) is 12.8 Å². The van der Waals surface area contributed by atoms with Crippen LogP contribution in [-0.4, -0.2) is 30.9 Å². The second-order valence-electron chi connectivity index (χ2n) is 4.62. The Kier molecular flexibility index (Phi) is 6.94. The van der Waals surface area contributed by atoms with Crippen molar-refractivity contribution in [3.63, 3.8) is 0 Å². The number of amides is 2. The highest BCUT2D eigenvalue weighted by Gasteiger charge is 2.19. The summed E-state index contributed by atoms with van der Waals surface area (Å²) in [7, 11) is 1.26. The van der Waals surface area contributed by atoms with E-state index >= 15 is 0 Å². The predicted molar refractivity (Wildman–Crippen MR) is 77.1 cm³/mol. The normalized spacial score (nSPS) is 11.5. The third kappa shape index (κ3) is 6.56. The van der Waals surface area contributed by atoms with E-state index in [4.69, 9.17) is 5.73 Å². The fourth-order valence-electron chi connectivity index (χ4n) is 1.82. The number of esters is 1. The van der Waals surface area contributed by atoms with Gasteiger partial charge in [0.1, 0.15) is 6.04 Å². The maximum absolute atomic E-state index is 11.8. The number of nitrogens with two attached hydrogens (primary N) is 1. The van der Waals surface area contributed by atoms with Crippen molar-refractivity contribution in [3.8, 4) is 0 Å². The molecule has 0 aliphatic carbocycles. The van der Waals surface area contributed by atoms with E-state index in [-0.39, 0.29) is 25.2 Å². The number of carbonyl (C=O) groups is 3. The standard InChI is InChI=1S/C15H20N2O4/c1-21-14(19)10-8-12(15(16)20)17-13(18)9-7-11-5-3-2-4-6-11/h2-6,12H,7-10H2,1H3,(H2,16,20)(H,17,18)/t12-/m1/s1. The van der Waals surface area contributed by atoms with Crippen molar-refractivity contribution >= 4 is 17.8 Å². The molecule has 0 aliphatic heterocycles. The zero-order chi connectivity index (χ0) is 15.7. The van der Waals surface area contributed by atoms with E-state index in [1.54, 1.807) is 0 Å². The number of benzene rings is 1. The molecule has 0 spiro atoms. The van der Waals surface area contributed by atoms with Gasteiger partial charge in [0.2, 0.25) is 11.8 Å². The SMILES string of the molecule is COC(=O)CC[C@@H](NC(=O)CCc1ccccc1)C(N)=O. The smallest absolute Gasteiger partial charge is 0.305 e. The lowest BCUT2D eigenvalue weighted by Gasteiger charge is -2.14. The summed E-state index contributed by atoms with van der Waals surface area (Å²) in [6, 6.07) is 8.70. The quantitative estimate of drug-likeness (QED) is 0.683. The van der Waals surface area contributed by atoms with Crippen molar-refractivity contribution in [2.45, 2.75) is 31.7 Å². The van der Waals surface area contributed by atoms with Gasteiger partial charge in [0.25, 0.3) is 0 Å². The maximum Gasteiger partial charge on any atom is 0.305 e. The summed E-state index contributed by atoms with van der Waals surface area (Å²) in [6.45, 7) is 0. The van der Waals surface area contributed by atoms with Crippen LogP contribution in [0, 0.1) is 0 Å². The van der Waals surface area contributed by atoms with Gasteiger partial charge in [-0.05, 0) is 18.4 Å². The van der Waals surface area contributed by atoms with Crippen LogP contribution >= 0.6 is 0 Å². The van der Waals surface area contributed by atoms with Gasteiger partial charge in [-0.2, -0.15) is 0 Å². The molecule has 0 bridgehead atoms. The molecule has 0 heterocycles. The summed E-state index contributed by atoms with van der Waals surface area (Å²) in [4.78, 5) is 34.1. The molecule has 114 valence electrons.